The SMILES string of the molecule is Nc1ccc2c(c1)CCCC2NC(=O)CCC(F)(F)F. The Kier molecular flexibility index (Phi) is 4.20. The van der Waals surface area contributed by atoms with Crippen molar-refractivity contribution < 1.29 is 18.0 Å². The van der Waals surface area contributed by atoms with Crippen molar-refractivity contribution in [2.24, 2.45) is 0 Å². The maximum absolute atomic E-state index is 12.1. The van der Waals surface area contributed by atoms with E-state index in [0.29, 0.717) is 5.69 Å². The van der Waals surface area contributed by atoms with Crippen molar-refractivity contribution >= 4 is 11.6 Å². The first-order valence-electron chi connectivity index (χ1n) is 6.59. The highest BCUT2D eigenvalue weighted by Crippen LogP contribution is 2.31. The monoisotopic (exact) mass is 286 g/mol. The van der Waals surface area contributed by atoms with Crippen molar-refractivity contribution in [3.63, 3.8) is 0 Å². The summed E-state index contributed by atoms with van der Waals surface area (Å²) >= 11 is 0. The molecule has 2 rings (SSSR count). The van der Waals surface area contributed by atoms with Crippen LogP contribution >= 0.6 is 0 Å². The maximum atomic E-state index is 12.1. The van der Waals surface area contributed by atoms with Gasteiger partial charge >= 0.3 is 6.18 Å². The Morgan fingerprint density at radius 2 is 2.15 bits per heavy atom. The Balaban J connectivity index is 2.00. The van der Waals surface area contributed by atoms with Crippen molar-refractivity contribution in [1.82, 2.24) is 5.32 Å². The van der Waals surface area contributed by atoms with Crippen LogP contribution < -0.4 is 11.1 Å². The first-order valence-corrected chi connectivity index (χ1v) is 6.59. The normalized spacial score (nSPS) is 18.4. The fourth-order valence-electron chi connectivity index (χ4n) is 2.51. The van der Waals surface area contributed by atoms with Crippen LogP contribution in [0.3, 0.4) is 0 Å². The van der Waals surface area contributed by atoms with E-state index in [0.717, 1.165) is 30.4 Å². The van der Waals surface area contributed by atoms with E-state index in [2.05, 4.69) is 5.32 Å². The van der Waals surface area contributed by atoms with Crippen molar-refractivity contribution in [3.8, 4) is 0 Å². The Bertz CT molecular complexity index is 500. The molecule has 0 saturated carbocycles. The molecule has 3 nitrogen and oxygen atoms in total. The van der Waals surface area contributed by atoms with Gasteiger partial charge in [0.05, 0.1) is 12.5 Å². The summed E-state index contributed by atoms with van der Waals surface area (Å²) < 4.78 is 36.3. The fraction of sp³-hybridized carbons (Fsp3) is 0.500. The number of hydrogen-bond acceptors (Lipinski definition) is 2. The van der Waals surface area contributed by atoms with E-state index in [1.54, 1.807) is 6.07 Å². The van der Waals surface area contributed by atoms with Gasteiger partial charge in [-0.25, -0.2) is 0 Å². The second kappa shape index (κ2) is 5.73. The number of alkyl halides is 3. The molecule has 0 saturated heterocycles. The number of anilines is 1. The molecule has 0 spiro atoms. The number of fused-ring (bicyclic) bond motifs is 1. The molecule has 0 fully saturated rings. The highest BCUT2D eigenvalue weighted by Gasteiger charge is 2.29. The molecular weight excluding hydrogens is 269 g/mol. The fourth-order valence-corrected chi connectivity index (χ4v) is 2.51. The van der Waals surface area contributed by atoms with Gasteiger partial charge in [0.15, 0.2) is 0 Å². The first-order chi connectivity index (χ1) is 9.35. The summed E-state index contributed by atoms with van der Waals surface area (Å²) in [5.41, 5.74) is 8.40. The summed E-state index contributed by atoms with van der Waals surface area (Å²) in [5, 5.41) is 2.69. The van der Waals surface area contributed by atoms with Gasteiger partial charge < -0.3 is 11.1 Å². The summed E-state index contributed by atoms with van der Waals surface area (Å²) in [4.78, 5) is 11.6. The minimum absolute atomic E-state index is 0.208. The van der Waals surface area contributed by atoms with E-state index >= 15 is 0 Å². The molecule has 0 bridgehead atoms. The zero-order valence-electron chi connectivity index (χ0n) is 11.0. The summed E-state index contributed by atoms with van der Waals surface area (Å²) in [7, 11) is 0. The molecule has 110 valence electrons. The number of nitrogen functional groups attached to an aromatic ring is 1. The number of halogens is 3. The van der Waals surface area contributed by atoms with Crippen LogP contribution in [0.1, 0.15) is 42.9 Å². The molecule has 0 heterocycles. The van der Waals surface area contributed by atoms with Crippen LogP contribution in [-0.2, 0) is 11.2 Å². The lowest BCUT2D eigenvalue weighted by Gasteiger charge is -2.26. The standard InChI is InChI=1S/C14H17F3N2O/c15-14(16,17)7-6-13(20)19-12-3-1-2-9-8-10(18)4-5-11(9)12/h4-5,8,12H,1-3,6-7,18H2,(H,19,20). The van der Waals surface area contributed by atoms with E-state index < -0.39 is 24.9 Å². The molecule has 1 aromatic rings. The average Bonchev–Trinajstić information content (AvgIpc) is 2.35. The molecule has 1 aliphatic rings. The number of nitrogens with two attached hydrogens (primary N) is 1. The lowest BCUT2D eigenvalue weighted by molar-refractivity contribution is -0.144. The number of carbonyl (C=O) groups excluding carboxylic acids is 1. The van der Waals surface area contributed by atoms with Gasteiger partial charge in [-0.05, 0) is 42.5 Å². The second-order valence-electron chi connectivity index (χ2n) is 5.09. The smallest absolute Gasteiger partial charge is 0.389 e. The third kappa shape index (κ3) is 3.88. The largest absolute Gasteiger partial charge is 0.399 e. The van der Waals surface area contributed by atoms with Gasteiger partial charge in [-0.2, -0.15) is 13.2 Å². The van der Waals surface area contributed by atoms with Gasteiger partial charge in [0.1, 0.15) is 0 Å². The quantitative estimate of drug-likeness (QED) is 0.839. The Morgan fingerprint density at radius 1 is 1.40 bits per heavy atom. The van der Waals surface area contributed by atoms with Crippen molar-refractivity contribution in [2.75, 3.05) is 5.73 Å². The van der Waals surface area contributed by atoms with E-state index in [-0.39, 0.29) is 6.04 Å². The Morgan fingerprint density at radius 3 is 2.85 bits per heavy atom. The topological polar surface area (TPSA) is 55.1 Å². The van der Waals surface area contributed by atoms with Gasteiger partial charge in [-0.1, -0.05) is 6.07 Å². The third-order valence-corrected chi connectivity index (χ3v) is 3.45. The highest BCUT2D eigenvalue weighted by atomic mass is 19.4. The van der Waals surface area contributed by atoms with Crippen molar-refractivity contribution in [3.05, 3.63) is 29.3 Å². The van der Waals surface area contributed by atoms with Crippen LogP contribution in [0.15, 0.2) is 18.2 Å². The van der Waals surface area contributed by atoms with Crippen LogP contribution in [0.25, 0.3) is 0 Å². The van der Waals surface area contributed by atoms with Gasteiger partial charge in [0.2, 0.25) is 5.91 Å². The summed E-state index contributed by atoms with van der Waals surface area (Å²) in [6.07, 6.45) is -3.38. The van der Waals surface area contributed by atoms with Crippen LogP contribution in [0.5, 0.6) is 0 Å². The lowest BCUT2D eigenvalue weighted by Crippen LogP contribution is -2.31. The number of amides is 1. The molecule has 0 radical (unpaired) electrons. The Labute approximate surface area is 115 Å². The molecule has 1 amide bonds. The van der Waals surface area contributed by atoms with Gasteiger partial charge in [0, 0.05) is 12.1 Å². The van der Waals surface area contributed by atoms with Gasteiger partial charge in [-0.15, -0.1) is 0 Å². The van der Waals surface area contributed by atoms with Crippen LogP contribution in [0, 0.1) is 0 Å². The molecule has 0 aromatic heterocycles. The summed E-state index contributed by atoms with van der Waals surface area (Å²) in [6.45, 7) is 0. The van der Waals surface area contributed by atoms with E-state index in [9.17, 15) is 18.0 Å². The minimum Gasteiger partial charge on any atom is -0.399 e. The highest BCUT2D eigenvalue weighted by molar-refractivity contribution is 5.76. The predicted molar refractivity (Wildman–Crippen MR) is 70.0 cm³/mol. The number of benzene rings is 1. The number of carbonyl (C=O) groups is 1. The van der Waals surface area contributed by atoms with E-state index in [4.69, 9.17) is 5.73 Å². The number of hydrogen-bond donors (Lipinski definition) is 2. The minimum atomic E-state index is -4.30. The molecule has 1 unspecified atom stereocenters. The average molecular weight is 286 g/mol. The van der Waals surface area contributed by atoms with Gasteiger partial charge in [0.25, 0.3) is 0 Å². The summed E-state index contributed by atoms with van der Waals surface area (Å²) in [6, 6.07) is 5.25. The van der Waals surface area contributed by atoms with Crippen LogP contribution in [0.2, 0.25) is 0 Å². The lowest BCUT2D eigenvalue weighted by atomic mass is 9.87. The number of aryl methyl sites for hydroxylation is 1. The number of rotatable bonds is 3. The van der Waals surface area contributed by atoms with Crippen LogP contribution in [0.4, 0.5) is 18.9 Å². The summed E-state index contributed by atoms with van der Waals surface area (Å²) in [5.74, 6) is -0.558. The molecular formula is C14H17F3N2O. The predicted octanol–water partition coefficient (Wildman–Crippen LogP) is 3.10. The second-order valence-corrected chi connectivity index (χ2v) is 5.09. The first kappa shape index (κ1) is 14.7. The Hall–Kier alpha value is -1.72. The molecule has 0 aliphatic heterocycles. The molecule has 1 aromatic carbocycles. The van der Waals surface area contributed by atoms with Crippen molar-refractivity contribution in [1.29, 1.82) is 0 Å². The third-order valence-electron chi connectivity index (χ3n) is 3.45. The van der Waals surface area contributed by atoms with E-state index in [1.165, 1.54) is 0 Å². The number of nitrogens with one attached hydrogen (secondary N) is 1. The van der Waals surface area contributed by atoms with E-state index in [1.807, 2.05) is 12.1 Å². The molecule has 20 heavy (non-hydrogen) atoms. The zero-order valence-corrected chi connectivity index (χ0v) is 11.0. The molecule has 3 N–H and O–H groups in total. The van der Waals surface area contributed by atoms with Crippen molar-refractivity contribution in [2.45, 2.75) is 44.3 Å². The van der Waals surface area contributed by atoms with Crippen LogP contribution in [-0.4, -0.2) is 12.1 Å². The molecule has 1 aliphatic carbocycles. The molecule has 6 heteroatoms. The molecule has 1 atom stereocenters. The van der Waals surface area contributed by atoms with Gasteiger partial charge in [-0.3, -0.25) is 4.79 Å². The maximum Gasteiger partial charge on any atom is 0.389 e. The zero-order chi connectivity index (χ0) is 14.8.